The van der Waals surface area contributed by atoms with Crippen LogP contribution in [-0.2, 0) is 0 Å². The molecule has 55 heavy (non-hydrogen) atoms. The van der Waals surface area contributed by atoms with Crippen molar-refractivity contribution in [1.29, 1.82) is 0 Å². The highest BCUT2D eigenvalue weighted by Crippen LogP contribution is 2.49. The zero-order chi connectivity index (χ0) is 36.3. The molecule has 0 spiro atoms. The lowest BCUT2D eigenvalue weighted by atomic mass is 9.89. The number of hydrogen-bond donors (Lipinski definition) is 0. The molecule has 11 rings (SSSR count). The van der Waals surface area contributed by atoms with Crippen LogP contribution in [0.4, 0.5) is 11.4 Å². The van der Waals surface area contributed by atoms with E-state index in [0.717, 1.165) is 33.1 Å². The van der Waals surface area contributed by atoms with Crippen LogP contribution >= 0.6 is 0 Å². The van der Waals surface area contributed by atoms with Crippen LogP contribution in [0, 0.1) is 0 Å². The van der Waals surface area contributed by atoms with E-state index < -0.39 is 0 Å². The number of rotatable bonds is 5. The smallest absolute Gasteiger partial charge is 0.0979 e. The molecule has 1 aliphatic carbocycles. The maximum absolute atomic E-state index is 5.41. The van der Waals surface area contributed by atoms with E-state index in [1.54, 1.807) is 0 Å². The van der Waals surface area contributed by atoms with Crippen molar-refractivity contribution in [2.75, 3.05) is 4.90 Å². The van der Waals surface area contributed by atoms with Gasteiger partial charge in [-0.1, -0.05) is 158 Å². The number of aromatic nitrogens is 2. The van der Waals surface area contributed by atoms with Crippen LogP contribution in [0.3, 0.4) is 0 Å². The molecule has 0 saturated carbocycles. The van der Waals surface area contributed by atoms with E-state index in [1.807, 2.05) is 6.20 Å². The van der Waals surface area contributed by atoms with Gasteiger partial charge in [0.15, 0.2) is 0 Å². The van der Waals surface area contributed by atoms with Gasteiger partial charge >= 0.3 is 0 Å². The van der Waals surface area contributed by atoms with Gasteiger partial charge in [-0.25, -0.2) is 4.98 Å². The minimum absolute atomic E-state index is 0.272. The van der Waals surface area contributed by atoms with Crippen molar-refractivity contribution in [2.45, 2.75) is 12.0 Å². The van der Waals surface area contributed by atoms with E-state index >= 15 is 0 Å². The first-order valence-corrected chi connectivity index (χ1v) is 19.0. The molecule has 0 fully saturated rings. The molecule has 0 N–H and O–H groups in total. The standard InChI is InChI=1S/C52H35N3/c1-4-12-34(13-5-1)38-24-27-42-43-28-25-39(35-14-6-2-7-15-35)32-47(43)52-51(46(42)31-38)53-33-48(54-52)37-22-20-36(21-23-37)40-26-29-50-45(30-40)44-18-10-11-19-49(44)55(50)41-16-8-3-9-17-41/h1-33,44,49H. The Hall–Kier alpha value is -7.10. The lowest BCUT2D eigenvalue weighted by Gasteiger charge is -2.28. The molecule has 0 radical (unpaired) electrons. The highest BCUT2D eigenvalue weighted by molar-refractivity contribution is 6.24. The molecule has 0 saturated heterocycles. The number of allylic oxidation sites excluding steroid dienone is 2. The molecule has 9 aromatic rings. The van der Waals surface area contributed by atoms with E-state index in [0.29, 0.717) is 5.92 Å². The first kappa shape index (κ1) is 31.4. The van der Waals surface area contributed by atoms with Gasteiger partial charge < -0.3 is 4.90 Å². The third kappa shape index (κ3) is 5.27. The lowest BCUT2D eigenvalue weighted by molar-refractivity contribution is 0.745. The molecule has 0 bridgehead atoms. The summed E-state index contributed by atoms with van der Waals surface area (Å²) in [4.78, 5) is 13.1. The zero-order valence-corrected chi connectivity index (χ0v) is 30.0. The maximum Gasteiger partial charge on any atom is 0.0979 e. The Morgan fingerprint density at radius 1 is 0.418 bits per heavy atom. The molecule has 1 aromatic heterocycles. The average Bonchev–Trinajstić information content (AvgIpc) is 3.60. The molecule has 3 nitrogen and oxygen atoms in total. The molecular weight excluding hydrogens is 667 g/mol. The largest absolute Gasteiger partial charge is 0.333 e. The normalized spacial score (nSPS) is 15.8. The Kier molecular flexibility index (Phi) is 7.31. The second-order valence-electron chi connectivity index (χ2n) is 14.5. The Balaban J connectivity index is 1.01. The lowest BCUT2D eigenvalue weighted by Crippen LogP contribution is -2.28. The SMILES string of the molecule is C1=CC2c3cc(-c4ccc(-c5cnc6c7cc(-c8ccccc8)ccc7c7ccc(-c8ccccc8)cc7c6n5)cc4)ccc3N(c3ccccc3)C2C=C1. The minimum atomic E-state index is 0.272. The summed E-state index contributed by atoms with van der Waals surface area (Å²) in [5, 5.41) is 4.57. The Morgan fingerprint density at radius 3 is 1.62 bits per heavy atom. The Bertz CT molecular complexity index is 2970. The molecule has 2 unspecified atom stereocenters. The first-order chi connectivity index (χ1) is 27.3. The molecule has 258 valence electrons. The van der Waals surface area contributed by atoms with Gasteiger partial charge in [0, 0.05) is 33.6 Å². The molecule has 2 atom stereocenters. The van der Waals surface area contributed by atoms with Crippen molar-refractivity contribution < 1.29 is 0 Å². The van der Waals surface area contributed by atoms with Gasteiger partial charge in [0.2, 0.25) is 0 Å². The highest BCUT2D eigenvalue weighted by Gasteiger charge is 2.37. The van der Waals surface area contributed by atoms with E-state index in [2.05, 4.69) is 199 Å². The monoisotopic (exact) mass is 701 g/mol. The number of benzene rings is 8. The van der Waals surface area contributed by atoms with Crippen LogP contribution in [-0.4, -0.2) is 16.0 Å². The number of hydrogen-bond acceptors (Lipinski definition) is 3. The molecule has 8 aromatic carbocycles. The van der Waals surface area contributed by atoms with Gasteiger partial charge in [-0.2, -0.15) is 0 Å². The van der Waals surface area contributed by atoms with E-state index in [-0.39, 0.29) is 6.04 Å². The van der Waals surface area contributed by atoms with E-state index in [9.17, 15) is 0 Å². The van der Waals surface area contributed by atoms with Gasteiger partial charge in [-0.05, 0) is 86.1 Å². The fourth-order valence-corrected chi connectivity index (χ4v) is 8.73. The number of nitrogens with zero attached hydrogens (tertiary/aromatic N) is 3. The fraction of sp³-hybridized carbons (Fsp3) is 0.0385. The van der Waals surface area contributed by atoms with Gasteiger partial charge in [0.05, 0.1) is 29.0 Å². The average molecular weight is 702 g/mol. The topological polar surface area (TPSA) is 29.0 Å². The van der Waals surface area contributed by atoms with Crippen LogP contribution in [0.1, 0.15) is 11.5 Å². The van der Waals surface area contributed by atoms with Crippen LogP contribution < -0.4 is 4.90 Å². The summed E-state index contributed by atoms with van der Waals surface area (Å²) in [6.45, 7) is 0. The third-order valence-electron chi connectivity index (χ3n) is 11.4. The van der Waals surface area contributed by atoms with Crippen molar-refractivity contribution in [1.82, 2.24) is 9.97 Å². The number of fused-ring (bicyclic) bond motifs is 9. The molecule has 0 amide bonds. The molecule has 2 aliphatic rings. The third-order valence-corrected chi connectivity index (χ3v) is 11.4. The molecule has 3 heteroatoms. The summed E-state index contributed by atoms with van der Waals surface area (Å²) in [7, 11) is 0. The zero-order valence-electron chi connectivity index (χ0n) is 30.0. The summed E-state index contributed by atoms with van der Waals surface area (Å²) in [6, 6.07) is 61.4. The quantitative estimate of drug-likeness (QED) is 0.167. The van der Waals surface area contributed by atoms with E-state index in [1.165, 1.54) is 61.1 Å². The molecular formula is C52H35N3. The summed E-state index contributed by atoms with van der Waals surface area (Å²) < 4.78 is 0. The van der Waals surface area contributed by atoms with Crippen molar-refractivity contribution in [3.05, 3.63) is 206 Å². The predicted molar refractivity (Wildman–Crippen MR) is 230 cm³/mol. The van der Waals surface area contributed by atoms with Gasteiger partial charge in [-0.3, -0.25) is 4.98 Å². The Labute approximate surface area is 320 Å². The Morgan fingerprint density at radius 2 is 0.945 bits per heavy atom. The van der Waals surface area contributed by atoms with Crippen molar-refractivity contribution in [3.63, 3.8) is 0 Å². The molecule has 1 aliphatic heterocycles. The predicted octanol–water partition coefficient (Wildman–Crippen LogP) is 13.3. The van der Waals surface area contributed by atoms with Crippen LogP contribution in [0.25, 0.3) is 77.2 Å². The van der Waals surface area contributed by atoms with Crippen LogP contribution in [0.2, 0.25) is 0 Å². The summed E-state index contributed by atoms with van der Waals surface area (Å²) >= 11 is 0. The molecule has 2 heterocycles. The minimum Gasteiger partial charge on any atom is -0.333 e. The van der Waals surface area contributed by atoms with Gasteiger partial charge in [0.1, 0.15) is 0 Å². The second kappa shape index (κ2) is 12.8. The van der Waals surface area contributed by atoms with Crippen molar-refractivity contribution in [2.24, 2.45) is 0 Å². The summed E-state index contributed by atoms with van der Waals surface area (Å²) in [5.74, 6) is 0.310. The van der Waals surface area contributed by atoms with E-state index in [4.69, 9.17) is 9.97 Å². The maximum atomic E-state index is 5.41. The van der Waals surface area contributed by atoms with Crippen molar-refractivity contribution >= 4 is 44.0 Å². The summed E-state index contributed by atoms with van der Waals surface area (Å²) in [5.41, 5.74) is 14.7. The van der Waals surface area contributed by atoms with Crippen LogP contribution in [0.15, 0.2) is 200 Å². The van der Waals surface area contributed by atoms with Crippen molar-refractivity contribution in [3.8, 4) is 44.6 Å². The summed E-state index contributed by atoms with van der Waals surface area (Å²) in [6.07, 6.45) is 11.0. The second-order valence-corrected chi connectivity index (χ2v) is 14.5. The number of anilines is 2. The fourth-order valence-electron chi connectivity index (χ4n) is 8.73. The van der Waals surface area contributed by atoms with Gasteiger partial charge in [0.25, 0.3) is 0 Å². The van der Waals surface area contributed by atoms with Crippen LogP contribution in [0.5, 0.6) is 0 Å². The number of para-hydroxylation sites is 1. The highest BCUT2D eigenvalue weighted by atomic mass is 15.2. The van der Waals surface area contributed by atoms with Gasteiger partial charge in [-0.15, -0.1) is 0 Å². The first-order valence-electron chi connectivity index (χ1n) is 19.0.